The SMILES string of the molecule is NCC(NC(=O)C(C(F)(F)F)C(F)(F)F)C1CCCC1. The molecule has 1 aliphatic rings. The molecule has 3 N–H and O–H groups in total. The third kappa shape index (κ3) is 4.26. The van der Waals surface area contributed by atoms with Gasteiger partial charge in [0.15, 0.2) is 0 Å². The van der Waals surface area contributed by atoms with E-state index in [2.05, 4.69) is 0 Å². The molecule has 0 radical (unpaired) electrons. The minimum atomic E-state index is -5.67. The maximum atomic E-state index is 12.4. The van der Waals surface area contributed by atoms with E-state index in [4.69, 9.17) is 5.73 Å². The number of nitrogens with one attached hydrogen (secondary N) is 1. The summed E-state index contributed by atoms with van der Waals surface area (Å²) >= 11 is 0. The second-order valence-electron chi connectivity index (χ2n) is 4.91. The lowest BCUT2D eigenvalue weighted by Crippen LogP contribution is -2.53. The monoisotopic (exact) mass is 306 g/mol. The maximum Gasteiger partial charge on any atom is 0.409 e. The summed E-state index contributed by atoms with van der Waals surface area (Å²) in [5, 5.41) is 1.82. The zero-order valence-corrected chi connectivity index (χ0v) is 10.5. The van der Waals surface area contributed by atoms with E-state index in [1.54, 1.807) is 0 Å². The molecule has 1 amide bonds. The van der Waals surface area contributed by atoms with Crippen molar-refractivity contribution in [3.63, 3.8) is 0 Å². The van der Waals surface area contributed by atoms with E-state index >= 15 is 0 Å². The molecule has 3 nitrogen and oxygen atoms in total. The van der Waals surface area contributed by atoms with Gasteiger partial charge in [-0.05, 0) is 18.8 Å². The zero-order valence-electron chi connectivity index (χ0n) is 10.5. The summed E-state index contributed by atoms with van der Waals surface area (Å²) in [4.78, 5) is 11.4. The van der Waals surface area contributed by atoms with Gasteiger partial charge in [0, 0.05) is 12.6 Å². The highest BCUT2D eigenvalue weighted by molar-refractivity contribution is 5.80. The molecule has 1 atom stereocenters. The van der Waals surface area contributed by atoms with Crippen LogP contribution in [-0.4, -0.2) is 30.8 Å². The van der Waals surface area contributed by atoms with E-state index in [0.717, 1.165) is 12.8 Å². The van der Waals surface area contributed by atoms with Gasteiger partial charge in [0.2, 0.25) is 11.8 Å². The molecule has 1 fully saturated rings. The Bertz CT molecular complexity index is 321. The largest absolute Gasteiger partial charge is 0.409 e. The van der Waals surface area contributed by atoms with Crippen molar-refractivity contribution in [1.82, 2.24) is 5.32 Å². The average Bonchev–Trinajstić information content (AvgIpc) is 2.74. The molecule has 20 heavy (non-hydrogen) atoms. The van der Waals surface area contributed by atoms with Crippen molar-refractivity contribution >= 4 is 5.91 Å². The van der Waals surface area contributed by atoms with Crippen LogP contribution in [0.4, 0.5) is 26.3 Å². The second-order valence-corrected chi connectivity index (χ2v) is 4.91. The molecular formula is C11H16F6N2O. The van der Waals surface area contributed by atoms with Gasteiger partial charge in [0.05, 0.1) is 0 Å². The van der Waals surface area contributed by atoms with Crippen LogP contribution in [0.5, 0.6) is 0 Å². The minimum Gasteiger partial charge on any atom is -0.351 e. The number of nitrogens with two attached hydrogens (primary N) is 1. The smallest absolute Gasteiger partial charge is 0.351 e. The first kappa shape index (κ1) is 17.1. The van der Waals surface area contributed by atoms with Crippen LogP contribution in [0.2, 0.25) is 0 Å². The van der Waals surface area contributed by atoms with Crippen molar-refractivity contribution < 1.29 is 31.1 Å². The Morgan fingerprint density at radius 3 is 1.90 bits per heavy atom. The Balaban J connectivity index is 2.79. The molecule has 0 heterocycles. The fourth-order valence-electron chi connectivity index (χ4n) is 2.48. The molecule has 1 saturated carbocycles. The van der Waals surface area contributed by atoms with Gasteiger partial charge in [-0.2, -0.15) is 26.3 Å². The lowest BCUT2D eigenvalue weighted by atomic mass is 9.97. The van der Waals surface area contributed by atoms with Crippen LogP contribution in [0, 0.1) is 11.8 Å². The summed E-state index contributed by atoms with van der Waals surface area (Å²) in [5.74, 6) is -6.25. The molecular weight excluding hydrogens is 290 g/mol. The zero-order chi connectivity index (χ0) is 15.6. The summed E-state index contributed by atoms with van der Waals surface area (Å²) < 4.78 is 74.3. The first-order valence-corrected chi connectivity index (χ1v) is 6.21. The van der Waals surface area contributed by atoms with Crippen molar-refractivity contribution in [3.8, 4) is 0 Å². The van der Waals surface area contributed by atoms with Gasteiger partial charge in [-0.25, -0.2) is 0 Å². The van der Waals surface area contributed by atoms with Gasteiger partial charge in [-0.15, -0.1) is 0 Å². The summed E-state index contributed by atoms with van der Waals surface area (Å²) in [7, 11) is 0. The molecule has 0 bridgehead atoms. The second kappa shape index (κ2) is 6.19. The van der Waals surface area contributed by atoms with Crippen LogP contribution in [0.1, 0.15) is 25.7 Å². The van der Waals surface area contributed by atoms with Crippen molar-refractivity contribution in [2.24, 2.45) is 17.6 Å². The molecule has 1 aliphatic carbocycles. The van der Waals surface area contributed by atoms with E-state index in [9.17, 15) is 31.1 Å². The lowest BCUT2D eigenvalue weighted by Gasteiger charge is -2.27. The molecule has 1 rings (SSSR count). The number of carbonyl (C=O) groups excluding carboxylic acids is 1. The van der Waals surface area contributed by atoms with E-state index in [1.807, 2.05) is 5.32 Å². The Labute approximate surface area is 111 Å². The number of hydrogen-bond acceptors (Lipinski definition) is 2. The molecule has 9 heteroatoms. The Morgan fingerprint density at radius 1 is 1.10 bits per heavy atom. The van der Waals surface area contributed by atoms with Crippen molar-refractivity contribution in [1.29, 1.82) is 0 Å². The van der Waals surface area contributed by atoms with Crippen molar-refractivity contribution in [2.45, 2.75) is 44.1 Å². The first-order valence-electron chi connectivity index (χ1n) is 6.21. The predicted molar refractivity (Wildman–Crippen MR) is 58.5 cm³/mol. The van der Waals surface area contributed by atoms with Gasteiger partial charge in [-0.1, -0.05) is 12.8 Å². The number of alkyl halides is 6. The number of rotatable bonds is 4. The van der Waals surface area contributed by atoms with Crippen LogP contribution in [-0.2, 0) is 4.79 Å². The van der Waals surface area contributed by atoms with Gasteiger partial charge in [-0.3, -0.25) is 4.79 Å². The molecule has 0 spiro atoms. The number of hydrogen-bond donors (Lipinski definition) is 2. The summed E-state index contributed by atoms with van der Waals surface area (Å²) in [5.41, 5.74) is 5.34. The fraction of sp³-hybridized carbons (Fsp3) is 0.909. The molecule has 0 aromatic carbocycles. The maximum absolute atomic E-state index is 12.4. The standard InChI is InChI=1S/C11H16F6N2O/c12-10(13,14)8(11(15,16)17)9(20)19-7(5-18)6-3-1-2-4-6/h6-8H,1-5,18H2,(H,19,20). The quantitative estimate of drug-likeness (QED) is 0.783. The highest BCUT2D eigenvalue weighted by atomic mass is 19.4. The average molecular weight is 306 g/mol. The minimum absolute atomic E-state index is 0.161. The predicted octanol–water partition coefficient (Wildman–Crippen LogP) is 2.36. The van der Waals surface area contributed by atoms with E-state index in [1.165, 1.54) is 0 Å². The van der Waals surface area contributed by atoms with Crippen LogP contribution >= 0.6 is 0 Å². The normalized spacial score (nSPS) is 19.4. The van der Waals surface area contributed by atoms with Crippen molar-refractivity contribution in [3.05, 3.63) is 0 Å². The molecule has 118 valence electrons. The van der Waals surface area contributed by atoms with E-state index in [0.29, 0.717) is 12.8 Å². The van der Waals surface area contributed by atoms with Gasteiger partial charge in [0.1, 0.15) is 0 Å². The summed E-state index contributed by atoms with van der Waals surface area (Å²) in [6.45, 7) is -0.182. The highest BCUT2D eigenvalue weighted by Gasteiger charge is 2.61. The first-order chi connectivity index (χ1) is 9.07. The van der Waals surface area contributed by atoms with Crippen LogP contribution in [0.3, 0.4) is 0 Å². The number of carbonyl (C=O) groups is 1. The van der Waals surface area contributed by atoms with E-state index in [-0.39, 0.29) is 12.5 Å². The Morgan fingerprint density at radius 2 is 1.55 bits per heavy atom. The fourth-order valence-corrected chi connectivity index (χ4v) is 2.48. The molecule has 1 unspecified atom stereocenters. The molecule has 0 aromatic heterocycles. The summed E-state index contributed by atoms with van der Waals surface area (Å²) in [6, 6.07) is -0.850. The number of amides is 1. The van der Waals surface area contributed by atoms with Gasteiger partial charge < -0.3 is 11.1 Å². The number of halogens is 6. The third-order valence-corrected chi connectivity index (χ3v) is 3.47. The van der Waals surface area contributed by atoms with Crippen LogP contribution < -0.4 is 11.1 Å². The lowest BCUT2D eigenvalue weighted by molar-refractivity contribution is -0.274. The molecule has 0 saturated heterocycles. The van der Waals surface area contributed by atoms with Gasteiger partial charge in [0.25, 0.3) is 0 Å². The van der Waals surface area contributed by atoms with Crippen LogP contribution in [0.25, 0.3) is 0 Å². The molecule has 0 aliphatic heterocycles. The molecule has 0 aromatic rings. The summed E-state index contributed by atoms with van der Waals surface area (Å²) in [6.07, 6.45) is -8.39. The van der Waals surface area contributed by atoms with Crippen molar-refractivity contribution in [2.75, 3.05) is 6.54 Å². The highest BCUT2D eigenvalue weighted by Crippen LogP contribution is 2.39. The Hall–Kier alpha value is -0.990. The van der Waals surface area contributed by atoms with Gasteiger partial charge >= 0.3 is 12.4 Å². The third-order valence-electron chi connectivity index (χ3n) is 3.47. The van der Waals surface area contributed by atoms with E-state index < -0.39 is 30.2 Å². The topological polar surface area (TPSA) is 55.1 Å². The van der Waals surface area contributed by atoms with Crippen LogP contribution in [0.15, 0.2) is 0 Å². The Kier molecular flexibility index (Phi) is 5.28.